The van der Waals surface area contributed by atoms with Gasteiger partial charge in [0, 0.05) is 35.7 Å². The molecule has 3 aromatic rings. The molecule has 0 bridgehead atoms. The number of ether oxygens (including phenoxy) is 1. The number of nitrogens with one attached hydrogen (secondary N) is 1. The molecule has 5 nitrogen and oxygen atoms in total. The number of rotatable bonds is 4. The van der Waals surface area contributed by atoms with E-state index in [1.165, 1.54) is 6.07 Å². The van der Waals surface area contributed by atoms with Gasteiger partial charge in [0.1, 0.15) is 17.2 Å². The van der Waals surface area contributed by atoms with Gasteiger partial charge >= 0.3 is 0 Å². The van der Waals surface area contributed by atoms with Gasteiger partial charge in [-0.2, -0.15) is 4.39 Å². The van der Waals surface area contributed by atoms with Crippen LogP contribution in [0, 0.1) is 5.95 Å². The highest BCUT2D eigenvalue weighted by molar-refractivity contribution is 8.00. The fraction of sp³-hybridized carbons (Fsp3) is 0.333. The van der Waals surface area contributed by atoms with E-state index in [1.54, 1.807) is 38.2 Å². The topological polar surface area (TPSA) is 51.5 Å². The second-order valence-electron chi connectivity index (χ2n) is 6.61. The lowest BCUT2D eigenvalue weighted by Crippen LogP contribution is -2.07. The first-order valence-corrected chi connectivity index (χ1v) is 8.72. The Balaban J connectivity index is 2.17. The van der Waals surface area contributed by atoms with Crippen molar-refractivity contribution in [3.63, 3.8) is 0 Å². The zero-order valence-corrected chi connectivity index (χ0v) is 15.7. The first kappa shape index (κ1) is 17.5. The van der Waals surface area contributed by atoms with Crippen molar-refractivity contribution >= 4 is 23.2 Å². The zero-order valence-electron chi connectivity index (χ0n) is 14.9. The van der Waals surface area contributed by atoms with Crippen molar-refractivity contribution in [2.24, 2.45) is 0 Å². The summed E-state index contributed by atoms with van der Waals surface area (Å²) < 4.78 is 21.3. The first-order chi connectivity index (χ1) is 11.8. The van der Waals surface area contributed by atoms with Crippen LogP contribution >= 0.6 is 11.8 Å². The van der Waals surface area contributed by atoms with Crippen molar-refractivity contribution in [1.82, 2.24) is 14.4 Å². The molecule has 7 heteroatoms. The Morgan fingerprint density at radius 2 is 2.00 bits per heavy atom. The van der Waals surface area contributed by atoms with Crippen LogP contribution in [0.25, 0.3) is 16.9 Å². The molecule has 0 amide bonds. The van der Waals surface area contributed by atoms with Crippen LogP contribution in [-0.4, -0.2) is 33.3 Å². The van der Waals surface area contributed by atoms with E-state index in [1.807, 2.05) is 16.7 Å². The van der Waals surface area contributed by atoms with Gasteiger partial charge in [-0.3, -0.25) is 4.40 Å². The fourth-order valence-corrected chi connectivity index (χ4v) is 3.60. The molecule has 0 aliphatic rings. The third-order valence-electron chi connectivity index (χ3n) is 3.56. The van der Waals surface area contributed by atoms with Gasteiger partial charge in [-0.15, -0.1) is 11.8 Å². The maximum Gasteiger partial charge on any atom is 0.215 e. The number of hydrogen-bond acceptors (Lipinski definition) is 5. The molecule has 0 aliphatic carbocycles. The summed E-state index contributed by atoms with van der Waals surface area (Å²) in [6.45, 7) is 6.44. The van der Waals surface area contributed by atoms with Crippen molar-refractivity contribution in [2.75, 3.05) is 19.5 Å². The van der Waals surface area contributed by atoms with E-state index in [-0.39, 0.29) is 4.75 Å². The van der Waals surface area contributed by atoms with Crippen LogP contribution in [0.3, 0.4) is 0 Å². The molecule has 3 heterocycles. The molecular formula is C18H21FN4OS. The zero-order chi connectivity index (χ0) is 18.2. The van der Waals surface area contributed by atoms with Gasteiger partial charge in [0.15, 0.2) is 0 Å². The van der Waals surface area contributed by atoms with E-state index in [4.69, 9.17) is 4.74 Å². The van der Waals surface area contributed by atoms with Gasteiger partial charge < -0.3 is 10.1 Å². The quantitative estimate of drug-likeness (QED) is 0.549. The Morgan fingerprint density at radius 1 is 1.24 bits per heavy atom. The van der Waals surface area contributed by atoms with Gasteiger partial charge in [-0.05, 0) is 6.07 Å². The van der Waals surface area contributed by atoms with Gasteiger partial charge in [-0.1, -0.05) is 20.8 Å². The summed E-state index contributed by atoms with van der Waals surface area (Å²) >= 11 is 1.71. The highest BCUT2D eigenvalue weighted by atomic mass is 32.2. The van der Waals surface area contributed by atoms with Crippen LogP contribution in [0.15, 0.2) is 35.5 Å². The summed E-state index contributed by atoms with van der Waals surface area (Å²) in [5.74, 6) is 0.721. The van der Waals surface area contributed by atoms with Crippen LogP contribution in [0.5, 0.6) is 5.75 Å². The normalized spacial score (nSPS) is 11.8. The molecule has 0 unspecified atom stereocenters. The summed E-state index contributed by atoms with van der Waals surface area (Å²) in [6.07, 6.45) is 3.72. The SMILES string of the molecule is CNc1cc(-c2cnc3cc(OC)c(SC(C)(C)C)cn23)cc(F)n1. The minimum atomic E-state index is -0.533. The minimum Gasteiger partial charge on any atom is -0.495 e. The molecule has 0 saturated carbocycles. The number of hydrogen-bond donors (Lipinski definition) is 1. The summed E-state index contributed by atoms with van der Waals surface area (Å²) in [4.78, 5) is 9.25. The molecule has 3 aromatic heterocycles. The van der Waals surface area contributed by atoms with E-state index in [2.05, 4.69) is 36.1 Å². The largest absolute Gasteiger partial charge is 0.495 e. The second-order valence-corrected chi connectivity index (χ2v) is 8.47. The average molecular weight is 360 g/mol. The molecule has 25 heavy (non-hydrogen) atoms. The molecule has 132 valence electrons. The number of fused-ring (bicyclic) bond motifs is 1. The lowest BCUT2D eigenvalue weighted by atomic mass is 10.2. The maximum atomic E-state index is 13.8. The number of methoxy groups -OCH3 is 1. The number of nitrogens with zero attached hydrogens (tertiary/aromatic N) is 3. The van der Waals surface area contributed by atoms with Gasteiger partial charge in [-0.25, -0.2) is 9.97 Å². The van der Waals surface area contributed by atoms with Crippen molar-refractivity contribution < 1.29 is 9.13 Å². The van der Waals surface area contributed by atoms with E-state index in [0.717, 1.165) is 22.0 Å². The minimum absolute atomic E-state index is 0.0315. The molecule has 0 radical (unpaired) electrons. The number of anilines is 1. The van der Waals surface area contributed by atoms with Gasteiger partial charge in [0.2, 0.25) is 5.95 Å². The molecule has 0 atom stereocenters. The number of aromatic nitrogens is 3. The van der Waals surface area contributed by atoms with Crippen molar-refractivity contribution in [2.45, 2.75) is 30.4 Å². The monoisotopic (exact) mass is 360 g/mol. The van der Waals surface area contributed by atoms with Gasteiger partial charge in [0.05, 0.1) is 23.9 Å². The van der Waals surface area contributed by atoms with Crippen LogP contribution in [-0.2, 0) is 0 Å². The predicted octanol–water partition coefficient (Wildman–Crippen LogP) is 4.48. The van der Waals surface area contributed by atoms with Crippen LogP contribution < -0.4 is 10.1 Å². The van der Waals surface area contributed by atoms with E-state index < -0.39 is 5.95 Å². The Kier molecular flexibility index (Phi) is 4.60. The maximum absolute atomic E-state index is 13.8. The first-order valence-electron chi connectivity index (χ1n) is 7.90. The Morgan fingerprint density at radius 3 is 2.64 bits per heavy atom. The Bertz CT molecular complexity index is 917. The van der Waals surface area contributed by atoms with E-state index in [9.17, 15) is 4.39 Å². The highest BCUT2D eigenvalue weighted by Crippen LogP contribution is 2.39. The predicted molar refractivity (Wildman–Crippen MR) is 100 cm³/mol. The van der Waals surface area contributed by atoms with E-state index >= 15 is 0 Å². The number of thioether (sulfide) groups is 1. The molecular weight excluding hydrogens is 339 g/mol. The molecule has 3 rings (SSSR count). The van der Waals surface area contributed by atoms with Crippen LogP contribution in [0.4, 0.5) is 10.2 Å². The smallest absolute Gasteiger partial charge is 0.215 e. The Hall–Kier alpha value is -2.28. The Labute approximate surface area is 150 Å². The lowest BCUT2D eigenvalue weighted by Gasteiger charge is -2.19. The molecule has 1 N–H and O–H groups in total. The number of pyridine rings is 2. The second kappa shape index (κ2) is 6.55. The third kappa shape index (κ3) is 3.71. The van der Waals surface area contributed by atoms with Crippen LogP contribution in [0.2, 0.25) is 0 Å². The molecule has 0 aliphatic heterocycles. The van der Waals surface area contributed by atoms with Crippen molar-refractivity contribution in [3.8, 4) is 17.0 Å². The molecule has 0 spiro atoms. The van der Waals surface area contributed by atoms with Crippen molar-refractivity contribution in [3.05, 3.63) is 36.5 Å². The summed E-state index contributed by atoms with van der Waals surface area (Å²) in [5.41, 5.74) is 2.25. The summed E-state index contributed by atoms with van der Waals surface area (Å²) in [6, 6.07) is 5.10. The summed E-state index contributed by atoms with van der Waals surface area (Å²) in [5, 5.41) is 2.87. The molecule has 0 fully saturated rings. The summed E-state index contributed by atoms with van der Waals surface area (Å²) in [7, 11) is 3.36. The van der Waals surface area contributed by atoms with Gasteiger partial charge in [0.25, 0.3) is 0 Å². The standard InChI is InChI=1S/C18H21FN4OS/c1-18(2,3)25-14-10-23-12(9-21-17(23)8-13(14)24-5)11-6-15(19)22-16(7-11)20-4/h6-10H,1-5H3,(H,20,22). The van der Waals surface area contributed by atoms with E-state index in [0.29, 0.717) is 11.4 Å². The highest BCUT2D eigenvalue weighted by Gasteiger charge is 2.18. The van der Waals surface area contributed by atoms with Crippen LogP contribution in [0.1, 0.15) is 20.8 Å². The number of halogens is 1. The molecule has 0 aromatic carbocycles. The lowest BCUT2D eigenvalue weighted by molar-refractivity contribution is 0.404. The molecule has 0 saturated heterocycles. The van der Waals surface area contributed by atoms with Crippen molar-refractivity contribution in [1.29, 1.82) is 0 Å². The third-order valence-corrected chi connectivity index (χ3v) is 4.70. The fourth-order valence-electron chi connectivity index (χ4n) is 2.54. The number of imidazole rings is 1. The average Bonchev–Trinajstić information content (AvgIpc) is 2.94.